The van der Waals surface area contributed by atoms with Crippen molar-refractivity contribution in [2.75, 3.05) is 0 Å². The highest BCUT2D eigenvalue weighted by Gasteiger charge is 2.45. The summed E-state index contributed by atoms with van der Waals surface area (Å²) in [5, 5.41) is 0.637. The number of aromatic nitrogens is 3. The molecule has 0 radical (unpaired) electrons. The van der Waals surface area contributed by atoms with Crippen molar-refractivity contribution in [2.24, 2.45) is 0 Å². The number of halogens is 1. The molecular formula is C26H28ClN3O2. The molecule has 5 nitrogen and oxygen atoms in total. The number of hydrogen-bond acceptors (Lipinski definition) is 4. The van der Waals surface area contributed by atoms with Crippen LogP contribution >= 0.6 is 11.6 Å². The van der Waals surface area contributed by atoms with Gasteiger partial charge in [-0.2, -0.15) is 0 Å². The van der Waals surface area contributed by atoms with Crippen LogP contribution in [-0.4, -0.2) is 20.3 Å². The van der Waals surface area contributed by atoms with E-state index in [1.165, 1.54) is 6.07 Å². The Hall–Kier alpha value is -2.79. The van der Waals surface area contributed by atoms with Crippen molar-refractivity contribution in [3.63, 3.8) is 0 Å². The first-order valence-electron chi connectivity index (χ1n) is 11.3. The van der Waals surface area contributed by atoms with E-state index in [0.29, 0.717) is 29.4 Å². The Morgan fingerprint density at radius 2 is 1.94 bits per heavy atom. The Morgan fingerprint density at radius 3 is 2.59 bits per heavy atom. The predicted molar refractivity (Wildman–Crippen MR) is 127 cm³/mol. The highest BCUT2D eigenvalue weighted by molar-refractivity contribution is 6.30. The number of carbonyl (C=O) groups excluding carboxylic acids is 1. The number of nitrogens with zero attached hydrogens (tertiary/aromatic N) is 3. The zero-order chi connectivity index (χ0) is 22.6. The van der Waals surface area contributed by atoms with Crippen LogP contribution in [0, 0.1) is 0 Å². The Bertz CT molecular complexity index is 1140. The third-order valence-corrected chi connectivity index (χ3v) is 6.48. The Morgan fingerprint density at radius 1 is 1.16 bits per heavy atom. The summed E-state index contributed by atoms with van der Waals surface area (Å²) in [6.45, 7) is 2.21. The number of Topliss-reactive ketones (excluding diaryl/α,β-unsaturated/α-hetero) is 1. The molecule has 0 amide bonds. The van der Waals surface area contributed by atoms with Crippen LogP contribution in [0.5, 0.6) is 0 Å². The van der Waals surface area contributed by atoms with E-state index in [4.69, 9.17) is 16.6 Å². The molecule has 1 aromatic carbocycles. The van der Waals surface area contributed by atoms with Gasteiger partial charge in [0.1, 0.15) is 5.82 Å². The summed E-state index contributed by atoms with van der Waals surface area (Å²) in [6.07, 6.45) is 9.73. The van der Waals surface area contributed by atoms with Gasteiger partial charge in [0.2, 0.25) is 0 Å². The van der Waals surface area contributed by atoms with Gasteiger partial charge in [-0.3, -0.25) is 19.1 Å². The molecule has 166 valence electrons. The molecule has 2 heterocycles. The van der Waals surface area contributed by atoms with E-state index in [2.05, 4.69) is 11.9 Å². The second-order valence-corrected chi connectivity index (χ2v) is 9.12. The zero-order valence-corrected chi connectivity index (χ0v) is 19.1. The van der Waals surface area contributed by atoms with Gasteiger partial charge >= 0.3 is 0 Å². The number of pyridine rings is 1. The summed E-state index contributed by atoms with van der Waals surface area (Å²) in [5.74, 6) is 0.738. The van der Waals surface area contributed by atoms with Gasteiger partial charge in [-0.1, -0.05) is 49.6 Å². The number of carbonyl (C=O) groups is 1. The molecule has 3 aromatic rings. The Balaban J connectivity index is 1.58. The molecule has 6 heteroatoms. The van der Waals surface area contributed by atoms with E-state index < -0.39 is 0 Å². The summed E-state index contributed by atoms with van der Waals surface area (Å²) in [4.78, 5) is 35.1. The summed E-state index contributed by atoms with van der Waals surface area (Å²) in [6, 6.07) is 12.8. The van der Waals surface area contributed by atoms with Crippen LogP contribution in [0.25, 0.3) is 11.3 Å². The van der Waals surface area contributed by atoms with Gasteiger partial charge in [-0.25, -0.2) is 4.98 Å². The summed E-state index contributed by atoms with van der Waals surface area (Å²) in [7, 11) is 0. The maximum absolute atomic E-state index is 13.1. The topological polar surface area (TPSA) is 64.8 Å². The van der Waals surface area contributed by atoms with Gasteiger partial charge < -0.3 is 0 Å². The first-order valence-corrected chi connectivity index (χ1v) is 11.7. The smallest absolute Gasteiger partial charge is 0.254 e. The fraction of sp³-hybridized carbons (Fsp3) is 0.385. The molecule has 32 heavy (non-hydrogen) atoms. The van der Waals surface area contributed by atoms with Gasteiger partial charge in [-0.05, 0) is 43.0 Å². The molecule has 1 aliphatic rings. The van der Waals surface area contributed by atoms with Crippen molar-refractivity contribution in [3.8, 4) is 11.3 Å². The normalized spacial score (nSPS) is 14.3. The average molecular weight is 450 g/mol. The molecule has 0 bridgehead atoms. The minimum Gasteiger partial charge on any atom is -0.298 e. The molecular weight excluding hydrogens is 422 g/mol. The van der Waals surface area contributed by atoms with Gasteiger partial charge in [-0.15, -0.1) is 0 Å². The molecule has 1 saturated carbocycles. The molecule has 0 saturated heterocycles. The van der Waals surface area contributed by atoms with E-state index in [1.54, 1.807) is 22.9 Å². The third kappa shape index (κ3) is 5.16. The minimum absolute atomic E-state index is 0.0613. The lowest BCUT2D eigenvalue weighted by Gasteiger charge is -2.17. The van der Waals surface area contributed by atoms with Crippen molar-refractivity contribution in [3.05, 3.63) is 81.6 Å². The Kier molecular flexibility index (Phi) is 6.85. The molecule has 0 unspecified atom stereocenters. The van der Waals surface area contributed by atoms with Gasteiger partial charge in [0.05, 0.1) is 12.2 Å². The molecule has 0 N–H and O–H groups in total. The van der Waals surface area contributed by atoms with Crippen LogP contribution < -0.4 is 5.56 Å². The maximum Gasteiger partial charge on any atom is 0.254 e. The van der Waals surface area contributed by atoms with Gasteiger partial charge in [0.25, 0.3) is 5.56 Å². The molecule has 1 aliphatic carbocycles. The predicted octanol–water partition coefficient (Wildman–Crippen LogP) is 5.38. The van der Waals surface area contributed by atoms with Crippen molar-refractivity contribution in [1.82, 2.24) is 14.5 Å². The van der Waals surface area contributed by atoms with Crippen molar-refractivity contribution in [2.45, 2.75) is 63.8 Å². The molecule has 2 aromatic heterocycles. The summed E-state index contributed by atoms with van der Waals surface area (Å²) >= 11 is 6.00. The van der Waals surface area contributed by atoms with Gasteiger partial charge in [0.15, 0.2) is 5.78 Å². The SMILES string of the molecule is CCCCCc1nc(-c2ccc(Cl)cc2)cc(=O)n1CC(=O)CC1(c2cccnc2)CC1. The molecule has 0 spiro atoms. The standard InChI is InChI=1S/C26H28ClN3O2/c1-2-3-4-7-24-29-23(19-8-10-21(27)11-9-19)15-25(32)30(24)18-22(31)16-26(12-13-26)20-6-5-14-28-17-20/h5-6,8-11,14-15,17H,2-4,7,12-13,16,18H2,1H3. The molecule has 0 aliphatic heterocycles. The number of hydrogen-bond donors (Lipinski definition) is 0. The lowest BCUT2D eigenvalue weighted by Crippen LogP contribution is -2.29. The lowest BCUT2D eigenvalue weighted by molar-refractivity contribution is -0.120. The highest BCUT2D eigenvalue weighted by atomic mass is 35.5. The first-order chi connectivity index (χ1) is 15.5. The van der Waals surface area contributed by atoms with Gasteiger partial charge in [0, 0.05) is 47.3 Å². The van der Waals surface area contributed by atoms with Crippen LogP contribution in [0.2, 0.25) is 5.02 Å². The fourth-order valence-electron chi connectivity index (χ4n) is 4.22. The first kappa shape index (κ1) is 22.4. The average Bonchev–Trinajstić information content (AvgIpc) is 3.57. The molecule has 4 rings (SSSR count). The number of benzene rings is 1. The van der Waals surface area contributed by atoms with Crippen LogP contribution in [0.3, 0.4) is 0 Å². The molecule has 1 fully saturated rings. The minimum atomic E-state index is -0.184. The van der Waals surface area contributed by atoms with Crippen molar-refractivity contribution >= 4 is 17.4 Å². The van der Waals surface area contributed by atoms with E-state index in [9.17, 15) is 9.59 Å². The number of aryl methyl sites for hydroxylation is 1. The van der Waals surface area contributed by atoms with E-state index in [0.717, 1.165) is 43.2 Å². The summed E-state index contributed by atoms with van der Waals surface area (Å²) in [5.41, 5.74) is 2.27. The number of rotatable bonds is 10. The summed E-state index contributed by atoms with van der Waals surface area (Å²) < 4.78 is 1.57. The van der Waals surface area contributed by atoms with Crippen LogP contribution in [0.4, 0.5) is 0 Å². The largest absolute Gasteiger partial charge is 0.298 e. The van der Waals surface area contributed by atoms with E-state index in [-0.39, 0.29) is 23.3 Å². The molecule has 0 atom stereocenters. The monoisotopic (exact) mass is 449 g/mol. The van der Waals surface area contributed by atoms with E-state index >= 15 is 0 Å². The van der Waals surface area contributed by atoms with E-state index in [1.807, 2.05) is 30.5 Å². The highest BCUT2D eigenvalue weighted by Crippen LogP contribution is 2.50. The number of ketones is 1. The third-order valence-electron chi connectivity index (χ3n) is 6.23. The second-order valence-electron chi connectivity index (χ2n) is 8.68. The Labute approximate surface area is 193 Å². The fourth-order valence-corrected chi connectivity index (χ4v) is 4.35. The quantitative estimate of drug-likeness (QED) is 0.389. The van der Waals surface area contributed by atoms with Crippen molar-refractivity contribution < 1.29 is 4.79 Å². The zero-order valence-electron chi connectivity index (χ0n) is 18.4. The van der Waals surface area contributed by atoms with Crippen LogP contribution in [0.1, 0.15) is 56.8 Å². The van der Waals surface area contributed by atoms with Crippen molar-refractivity contribution in [1.29, 1.82) is 0 Å². The maximum atomic E-state index is 13.1. The second kappa shape index (κ2) is 9.78. The number of unbranched alkanes of at least 4 members (excludes halogenated alkanes) is 2. The van der Waals surface area contributed by atoms with Crippen LogP contribution in [-0.2, 0) is 23.2 Å². The van der Waals surface area contributed by atoms with Crippen LogP contribution in [0.15, 0.2) is 59.7 Å². The lowest BCUT2D eigenvalue weighted by atomic mass is 9.91.